The van der Waals surface area contributed by atoms with Gasteiger partial charge in [0, 0.05) is 30.2 Å². The van der Waals surface area contributed by atoms with Crippen LogP contribution in [0.1, 0.15) is 24.5 Å². The molecule has 8 heteroatoms. The SMILES string of the molecule is CCc1ccc(-c2cc(NC(=O)CCn3c(-c4cccc(C)c4)n[nH]c3=S)on2)cc1. The van der Waals surface area contributed by atoms with Crippen molar-refractivity contribution in [2.24, 2.45) is 0 Å². The average Bonchev–Trinajstić information content (AvgIpc) is 3.39. The molecule has 0 aliphatic carbocycles. The van der Waals surface area contributed by atoms with Gasteiger partial charge in [0.15, 0.2) is 10.6 Å². The molecule has 0 bridgehead atoms. The quantitative estimate of drug-likeness (QED) is 0.393. The monoisotopic (exact) mass is 433 g/mol. The van der Waals surface area contributed by atoms with E-state index in [2.05, 4.69) is 39.7 Å². The second-order valence-electron chi connectivity index (χ2n) is 7.30. The predicted octanol–water partition coefficient (Wildman–Crippen LogP) is 5.16. The van der Waals surface area contributed by atoms with Crippen LogP contribution in [0.4, 0.5) is 5.88 Å². The number of hydrogen-bond acceptors (Lipinski definition) is 5. The first-order chi connectivity index (χ1) is 15.0. The Morgan fingerprint density at radius 1 is 1.16 bits per heavy atom. The average molecular weight is 434 g/mol. The van der Waals surface area contributed by atoms with Crippen LogP contribution < -0.4 is 5.32 Å². The third-order valence-electron chi connectivity index (χ3n) is 5.03. The topological polar surface area (TPSA) is 88.7 Å². The van der Waals surface area contributed by atoms with Crippen LogP contribution in [0.5, 0.6) is 0 Å². The molecule has 2 aromatic heterocycles. The van der Waals surface area contributed by atoms with Crippen LogP contribution in [-0.4, -0.2) is 25.8 Å². The Labute approximate surface area is 185 Å². The lowest BCUT2D eigenvalue weighted by molar-refractivity contribution is -0.116. The van der Waals surface area contributed by atoms with Gasteiger partial charge in [-0.05, 0) is 37.2 Å². The fraction of sp³-hybridized carbons (Fsp3) is 0.217. The highest BCUT2D eigenvalue weighted by molar-refractivity contribution is 7.71. The predicted molar refractivity (Wildman–Crippen MR) is 122 cm³/mol. The molecule has 2 N–H and O–H groups in total. The maximum absolute atomic E-state index is 12.5. The molecule has 0 spiro atoms. The highest BCUT2D eigenvalue weighted by Gasteiger charge is 2.13. The van der Waals surface area contributed by atoms with Gasteiger partial charge in [0.05, 0.1) is 0 Å². The van der Waals surface area contributed by atoms with E-state index in [0.717, 1.165) is 23.1 Å². The van der Waals surface area contributed by atoms with Gasteiger partial charge in [-0.25, -0.2) is 0 Å². The van der Waals surface area contributed by atoms with E-state index in [0.29, 0.717) is 28.7 Å². The summed E-state index contributed by atoms with van der Waals surface area (Å²) < 4.78 is 7.58. The Bertz CT molecular complexity index is 1250. The van der Waals surface area contributed by atoms with Gasteiger partial charge in [0.1, 0.15) is 5.69 Å². The van der Waals surface area contributed by atoms with E-state index in [4.69, 9.17) is 16.7 Å². The highest BCUT2D eigenvalue weighted by Crippen LogP contribution is 2.23. The largest absolute Gasteiger partial charge is 0.338 e. The van der Waals surface area contributed by atoms with Crippen molar-refractivity contribution >= 4 is 24.0 Å². The minimum Gasteiger partial charge on any atom is -0.338 e. The number of rotatable bonds is 7. The number of hydrogen-bond donors (Lipinski definition) is 2. The second kappa shape index (κ2) is 9.09. The van der Waals surface area contributed by atoms with Crippen molar-refractivity contribution in [1.29, 1.82) is 0 Å². The number of nitrogens with zero attached hydrogens (tertiary/aromatic N) is 3. The third kappa shape index (κ3) is 4.80. The molecule has 158 valence electrons. The summed E-state index contributed by atoms with van der Waals surface area (Å²) in [5.74, 6) is 0.829. The molecule has 0 aliphatic rings. The summed E-state index contributed by atoms with van der Waals surface area (Å²) >= 11 is 5.35. The van der Waals surface area contributed by atoms with Gasteiger partial charge in [0.25, 0.3) is 0 Å². The minimum atomic E-state index is -0.192. The number of anilines is 1. The van der Waals surface area contributed by atoms with Crippen molar-refractivity contribution in [3.05, 3.63) is 70.5 Å². The number of nitrogens with one attached hydrogen (secondary N) is 2. The lowest BCUT2D eigenvalue weighted by atomic mass is 10.1. The van der Waals surface area contributed by atoms with Crippen molar-refractivity contribution in [3.8, 4) is 22.6 Å². The fourth-order valence-electron chi connectivity index (χ4n) is 3.32. The summed E-state index contributed by atoms with van der Waals surface area (Å²) in [5.41, 5.74) is 4.94. The fourth-order valence-corrected chi connectivity index (χ4v) is 3.55. The van der Waals surface area contributed by atoms with Gasteiger partial charge in [-0.3, -0.25) is 19.8 Å². The Kier molecular flexibility index (Phi) is 6.08. The van der Waals surface area contributed by atoms with Crippen LogP contribution >= 0.6 is 12.2 Å². The van der Waals surface area contributed by atoms with Crippen molar-refractivity contribution < 1.29 is 9.32 Å². The van der Waals surface area contributed by atoms with E-state index in [1.54, 1.807) is 6.07 Å². The molecule has 7 nitrogen and oxygen atoms in total. The van der Waals surface area contributed by atoms with E-state index in [1.165, 1.54) is 5.56 Å². The Morgan fingerprint density at radius 3 is 2.71 bits per heavy atom. The Morgan fingerprint density at radius 2 is 1.97 bits per heavy atom. The van der Waals surface area contributed by atoms with Crippen LogP contribution in [0, 0.1) is 11.7 Å². The van der Waals surface area contributed by atoms with Crippen molar-refractivity contribution in [1.82, 2.24) is 19.9 Å². The van der Waals surface area contributed by atoms with Crippen molar-refractivity contribution in [3.63, 3.8) is 0 Å². The van der Waals surface area contributed by atoms with Gasteiger partial charge >= 0.3 is 0 Å². The molecule has 0 fully saturated rings. The standard InChI is InChI=1S/C23H23N5O2S/c1-3-16-7-9-17(10-8-16)19-14-21(30-27-19)24-20(29)11-12-28-22(25-26-23(28)31)18-6-4-5-15(2)13-18/h4-10,13-14H,3,11-12H2,1-2H3,(H,24,29)(H,26,31). The second-order valence-corrected chi connectivity index (χ2v) is 7.69. The molecular formula is C23H23N5O2S. The minimum absolute atomic E-state index is 0.192. The number of carbonyl (C=O) groups excluding carboxylic acids is 1. The number of H-pyrrole nitrogens is 1. The summed E-state index contributed by atoms with van der Waals surface area (Å²) in [4.78, 5) is 12.5. The summed E-state index contributed by atoms with van der Waals surface area (Å²) in [6.45, 7) is 4.52. The lowest BCUT2D eigenvalue weighted by Crippen LogP contribution is -2.14. The van der Waals surface area contributed by atoms with E-state index in [-0.39, 0.29) is 12.3 Å². The van der Waals surface area contributed by atoms with Crippen LogP contribution in [0.2, 0.25) is 0 Å². The number of aromatic nitrogens is 4. The zero-order chi connectivity index (χ0) is 21.8. The summed E-state index contributed by atoms with van der Waals surface area (Å²) in [7, 11) is 0. The van der Waals surface area contributed by atoms with Crippen LogP contribution in [0.15, 0.2) is 59.1 Å². The van der Waals surface area contributed by atoms with Crippen molar-refractivity contribution in [2.45, 2.75) is 33.2 Å². The number of amides is 1. The highest BCUT2D eigenvalue weighted by atomic mass is 32.1. The normalized spacial score (nSPS) is 10.9. The molecule has 0 aliphatic heterocycles. The van der Waals surface area contributed by atoms with Gasteiger partial charge in [0.2, 0.25) is 11.8 Å². The number of aromatic amines is 1. The van der Waals surface area contributed by atoms with Crippen LogP contribution in [0.25, 0.3) is 22.6 Å². The molecule has 2 heterocycles. The van der Waals surface area contributed by atoms with E-state index in [1.807, 2.05) is 47.9 Å². The Hall–Kier alpha value is -3.52. The maximum Gasteiger partial charge on any atom is 0.231 e. The van der Waals surface area contributed by atoms with Crippen LogP contribution in [0.3, 0.4) is 0 Å². The number of carbonyl (C=O) groups is 1. The van der Waals surface area contributed by atoms with Gasteiger partial charge in [-0.2, -0.15) is 5.10 Å². The summed E-state index contributed by atoms with van der Waals surface area (Å²) in [6.07, 6.45) is 1.20. The molecule has 0 saturated heterocycles. The number of aryl methyl sites for hydroxylation is 2. The van der Waals surface area contributed by atoms with E-state index < -0.39 is 0 Å². The lowest BCUT2D eigenvalue weighted by Gasteiger charge is -2.07. The molecule has 4 aromatic rings. The Balaban J connectivity index is 1.41. The zero-order valence-corrected chi connectivity index (χ0v) is 18.2. The van der Waals surface area contributed by atoms with Gasteiger partial charge in [-0.1, -0.05) is 60.1 Å². The van der Waals surface area contributed by atoms with Gasteiger partial charge < -0.3 is 4.52 Å². The molecule has 0 unspecified atom stereocenters. The molecule has 0 atom stereocenters. The first-order valence-corrected chi connectivity index (χ1v) is 10.5. The third-order valence-corrected chi connectivity index (χ3v) is 5.34. The summed E-state index contributed by atoms with van der Waals surface area (Å²) in [5, 5.41) is 14.0. The molecule has 2 aromatic carbocycles. The van der Waals surface area contributed by atoms with Gasteiger partial charge in [-0.15, -0.1) is 0 Å². The van der Waals surface area contributed by atoms with E-state index >= 15 is 0 Å². The summed E-state index contributed by atoms with van der Waals surface area (Å²) in [6, 6.07) is 17.8. The van der Waals surface area contributed by atoms with E-state index in [9.17, 15) is 4.79 Å². The molecular weight excluding hydrogens is 410 g/mol. The molecule has 31 heavy (non-hydrogen) atoms. The number of benzene rings is 2. The first kappa shape index (κ1) is 20.7. The molecule has 0 radical (unpaired) electrons. The zero-order valence-electron chi connectivity index (χ0n) is 17.4. The van der Waals surface area contributed by atoms with Crippen molar-refractivity contribution in [2.75, 3.05) is 5.32 Å². The molecule has 0 saturated carbocycles. The molecule has 1 amide bonds. The molecule has 4 rings (SSSR count). The smallest absolute Gasteiger partial charge is 0.231 e. The van der Waals surface area contributed by atoms with Crippen LogP contribution in [-0.2, 0) is 17.8 Å². The maximum atomic E-state index is 12.5. The first-order valence-electron chi connectivity index (χ1n) is 10.1.